The summed E-state index contributed by atoms with van der Waals surface area (Å²) in [6.45, 7) is 3.07. The van der Waals surface area contributed by atoms with Crippen molar-refractivity contribution >= 4 is 23.0 Å². The lowest BCUT2D eigenvalue weighted by Gasteiger charge is -2.19. The van der Waals surface area contributed by atoms with E-state index in [1.165, 1.54) is 0 Å². The van der Waals surface area contributed by atoms with Gasteiger partial charge in [-0.1, -0.05) is 36.4 Å². The van der Waals surface area contributed by atoms with Crippen molar-refractivity contribution in [2.24, 2.45) is 23.7 Å². The molecule has 42 heavy (non-hydrogen) atoms. The van der Waals surface area contributed by atoms with Crippen LogP contribution in [0.4, 0.5) is 0 Å². The van der Waals surface area contributed by atoms with Crippen LogP contribution >= 0.6 is 0 Å². The first-order chi connectivity index (χ1) is 20.4. The van der Waals surface area contributed by atoms with Crippen molar-refractivity contribution in [1.82, 2.24) is 19.8 Å². The summed E-state index contributed by atoms with van der Waals surface area (Å²) in [4.78, 5) is 38.4. The van der Waals surface area contributed by atoms with Crippen LogP contribution in [0.3, 0.4) is 0 Å². The van der Waals surface area contributed by atoms with Crippen molar-refractivity contribution in [3.05, 3.63) is 94.4 Å². The molecule has 0 aliphatic carbocycles. The molecule has 4 N–H and O–H groups in total. The van der Waals surface area contributed by atoms with Gasteiger partial charge in [-0.25, -0.2) is 4.79 Å². The van der Waals surface area contributed by atoms with Gasteiger partial charge < -0.3 is 20.8 Å². The highest BCUT2D eigenvalue weighted by Gasteiger charge is 2.32. The molecular formula is C33H36N4O5. The fourth-order valence-electron chi connectivity index (χ4n) is 6.75. The van der Waals surface area contributed by atoms with Gasteiger partial charge in [0, 0.05) is 0 Å². The zero-order valence-corrected chi connectivity index (χ0v) is 23.4. The van der Waals surface area contributed by atoms with Gasteiger partial charge in [0.15, 0.2) is 0 Å². The van der Waals surface area contributed by atoms with Crippen LogP contribution in [0.15, 0.2) is 77.6 Å². The molecule has 1 aromatic heterocycles. The second-order valence-electron chi connectivity index (χ2n) is 11.6. The van der Waals surface area contributed by atoms with Crippen LogP contribution in [-0.2, 0) is 22.4 Å². The second kappa shape index (κ2) is 12.0. The Morgan fingerprint density at radius 2 is 1.17 bits per heavy atom. The first-order valence-corrected chi connectivity index (χ1v) is 14.7. The number of nitrogens with one attached hydrogen (secondary N) is 2. The molecule has 0 spiro atoms. The van der Waals surface area contributed by atoms with Crippen molar-refractivity contribution in [3.8, 4) is 11.4 Å². The summed E-state index contributed by atoms with van der Waals surface area (Å²) in [6, 6.07) is 22.8. The summed E-state index contributed by atoms with van der Waals surface area (Å²) in [6.07, 6.45) is 2.47. The van der Waals surface area contributed by atoms with Gasteiger partial charge in [-0.05, 0) is 111 Å². The number of fused-ring (bicyclic) bond motifs is 1. The van der Waals surface area contributed by atoms with Crippen LogP contribution in [0.1, 0.15) is 24.0 Å². The van der Waals surface area contributed by atoms with E-state index >= 15 is 0 Å². The number of para-hydroxylation sites is 2. The molecule has 0 bridgehead atoms. The van der Waals surface area contributed by atoms with Gasteiger partial charge in [-0.3, -0.25) is 18.7 Å². The number of hydrogen-bond acceptors (Lipinski definition) is 5. The van der Waals surface area contributed by atoms with Crippen molar-refractivity contribution in [3.63, 3.8) is 0 Å². The number of nitrogens with zero attached hydrogens (tertiary/aromatic N) is 2. The van der Waals surface area contributed by atoms with E-state index in [0.717, 1.165) is 48.1 Å². The molecule has 6 rings (SSSR count). The van der Waals surface area contributed by atoms with E-state index < -0.39 is 23.8 Å². The minimum Gasteiger partial charge on any atom is -0.481 e. The summed E-state index contributed by atoms with van der Waals surface area (Å²) in [5, 5.41) is 26.4. The molecule has 4 aromatic rings. The van der Waals surface area contributed by atoms with Crippen molar-refractivity contribution in [1.29, 1.82) is 0 Å². The van der Waals surface area contributed by atoms with Crippen LogP contribution in [0.5, 0.6) is 0 Å². The SMILES string of the molecule is O=C(O)[C@@H](Cc1cccc(-n2c(=O)n(-c3cccc(C[C@H](C(=O)O)[C@H]4CCNC4)c3)c3ccccc32)c1)[C@H]1CCNC1. The largest absolute Gasteiger partial charge is 0.481 e. The lowest BCUT2D eigenvalue weighted by atomic mass is 9.86. The number of aromatic nitrogens is 2. The summed E-state index contributed by atoms with van der Waals surface area (Å²) >= 11 is 0. The first kappa shape index (κ1) is 27.9. The van der Waals surface area contributed by atoms with E-state index in [1.807, 2.05) is 72.8 Å². The maximum Gasteiger partial charge on any atom is 0.338 e. The molecule has 2 fully saturated rings. The molecule has 3 heterocycles. The third-order valence-electron chi connectivity index (χ3n) is 8.96. The minimum atomic E-state index is -0.794. The minimum absolute atomic E-state index is 0.0775. The number of carboxylic acids is 2. The molecule has 2 saturated heterocycles. The molecule has 2 aliphatic heterocycles. The van der Waals surface area contributed by atoms with Crippen LogP contribution in [0.25, 0.3) is 22.4 Å². The fraction of sp³-hybridized carbons (Fsp3) is 0.364. The lowest BCUT2D eigenvalue weighted by Crippen LogP contribution is -2.27. The summed E-state index contributed by atoms with van der Waals surface area (Å²) in [5.41, 5.74) is 4.34. The van der Waals surface area contributed by atoms with Gasteiger partial charge in [-0.15, -0.1) is 0 Å². The molecule has 0 saturated carbocycles. The number of benzene rings is 3. The highest BCUT2D eigenvalue weighted by molar-refractivity contribution is 5.80. The molecule has 3 aromatic carbocycles. The van der Waals surface area contributed by atoms with E-state index in [0.29, 0.717) is 37.3 Å². The van der Waals surface area contributed by atoms with E-state index in [9.17, 15) is 24.6 Å². The molecule has 0 radical (unpaired) electrons. The lowest BCUT2D eigenvalue weighted by molar-refractivity contribution is -0.144. The Labute approximate surface area is 243 Å². The quantitative estimate of drug-likeness (QED) is 0.231. The van der Waals surface area contributed by atoms with E-state index in [-0.39, 0.29) is 17.5 Å². The van der Waals surface area contributed by atoms with Gasteiger partial charge in [0.1, 0.15) is 0 Å². The van der Waals surface area contributed by atoms with E-state index in [4.69, 9.17) is 0 Å². The number of carboxylic acid groups (broad SMARTS) is 2. The van der Waals surface area contributed by atoms with Gasteiger partial charge in [0.2, 0.25) is 0 Å². The number of carbonyl (C=O) groups is 2. The summed E-state index contributed by atoms with van der Waals surface area (Å²) < 4.78 is 3.34. The van der Waals surface area contributed by atoms with Crippen molar-refractivity contribution in [2.75, 3.05) is 26.2 Å². The molecule has 4 atom stereocenters. The van der Waals surface area contributed by atoms with E-state index in [1.54, 1.807) is 9.13 Å². The average molecular weight is 569 g/mol. The highest BCUT2D eigenvalue weighted by Crippen LogP contribution is 2.28. The normalized spacial score (nSPS) is 20.1. The highest BCUT2D eigenvalue weighted by atomic mass is 16.4. The molecule has 0 amide bonds. The Hall–Kier alpha value is -4.21. The van der Waals surface area contributed by atoms with Crippen molar-refractivity contribution in [2.45, 2.75) is 25.7 Å². The van der Waals surface area contributed by atoms with Gasteiger partial charge >= 0.3 is 17.6 Å². The van der Waals surface area contributed by atoms with Gasteiger partial charge in [0.25, 0.3) is 0 Å². The van der Waals surface area contributed by atoms with Gasteiger partial charge in [0.05, 0.1) is 34.2 Å². The molecule has 2 aliphatic rings. The Balaban J connectivity index is 1.36. The third-order valence-corrected chi connectivity index (χ3v) is 8.96. The van der Waals surface area contributed by atoms with Crippen LogP contribution in [0.2, 0.25) is 0 Å². The zero-order chi connectivity index (χ0) is 29.2. The van der Waals surface area contributed by atoms with Crippen molar-refractivity contribution < 1.29 is 19.8 Å². The smallest absolute Gasteiger partial charge is 0.338 e. The Morgan fingerprint density at radius 3 is 1.55 bits per heavy atom. The molecule has 9 heteroatoms. The third kappa shape index (κ3) is 5.49. The molecule has 218 valence electrons. The number of aliphatic carboxylic acids is 2. The average Bonchev–Trinajstić information content (AvgIpc) is 3.76. The van der Waals surface area contributed by atoms with Crippen LogP contribution < -0.4 is 16.3 Å². The Bertz CT molecular complexity index is 1540. The molecular weight excluding hydrogens is 532 g/mol. The predicted molar refractivity (Wildman–Crippen MR) is 160 cm³/mol. The molecule has 0 unspecified atom stereocenters. The Kier molecular flexibility index (Phi) is 7.95. The first-order valence-electron chi connectivity index (χ1n) is 14.7. The monoisotopic (exact) mass is 568 g/mol. The van der Waals surface area contributed by atoms with E-state index in [2.05, 4.69) is 10.6 Å². The molecule has 9 nitrogen and oxygen atoms in total. The number of imidazole rings is 1. The van der Waals surface area contributed by atoms with Crippen LogP contribution in [0, 0.1) is 23.7 Å². The number of rotatable bonds is 10. The maximum atomic E-state index is 14.1. The zero-order valence-electron chi connectivity index (χ0n) is 23.4. The predicted octanol–water partition coefficient (Wildman–Crippen LogP) is 3.49. The second-order valence-corrected chi connectivity index (χ2v) is 11.6. The standard InChI is InChI=1S/C33H36N4O5/c38-31(39)27(23-11-13-34-19-23)17-21-5-3-7-25(15-21)36-29-9-1-2-10-30(29)37(33(36)42)26-8-4-6-22(16-26)18-28(32(40)41)24-12-14-35-20-24/h1-10,15-16,23-24,27-28,34-35H,11-14,17-20H2,(H,38,39)(H,40,41)/t23-,24-,27-,28-/m0/s1. The Morgan fingerprint density at radius 1 is 0.714 bits per heavy atom. The fourth-order valence-corrected chi connectivity index (χ4v) is 6.75. The number of hydrogen-bond donors (Lipinski definition) is 4. The maximum absolute atomic E-state index is 14.1. The van der Waals surface area contributed by atoms with Gasteiger partial charge in [-0.2, -0.15) is 0 Å². The van der Waals surface area contributed by atoms with Crippen LogP contribution in [-0.4, -0.2) is 57.5 Å². The topological polar surface area (TPSA) is 126 Å². The summed E-state index contributed by atoms with van der Waals surface area (Å²) in [5.74, 6) is -2.42. The summed E-state index contributed by atoms with van der Waals surface area (Å²) in [7, 11) is 0.